The van der Waals surface area contributed by atoms with E-state index in [2.05, 4.69) is 10.3 Å². The molecule has 2 aromatic carbocycles. The SMILES string of the molecule is COc1cc(CNc2cc[nH+]c3cc(Cl)ccc23)cc(OC)c1OC. The van der Waals surface area contributed by atoms with Crippen molar-refractivity contribution in [2.75, 3.05) is 26.6 Å². The van der Waals surface area contributed by atoms with Crippen LogP contribution in [0, 0.1) is 0 Å². The number of benzene rings is 2. The highest BCUT2D eigenvalue weighted by atomic mass is 35.5. The monoisotopic (exact) mass is 359 g/mol. The summed E-state index contributed by atoms with van der Waals surface area (Å²) in [6, 6.07) is 11.6. The van der Waals surface area contributed by atoms with Gasteiger partial charge in [0.25, 0.3) is 0 Å². The van der Waals surface area contributed by atoms with E-state index in [1.54, 1.807) is 21.3 Å². The van der Waals surface area contributed by atoms with Crippen molar-refractivity contribution in [1.82, 2.24) is 0 Å². The average Bonchev–Trinajstić information content (AvgIpc) is 2.64. The van der Waals surface area contributed by atoms with Gasteiger partial charge in [-0.3, -0.25) is 0 Å². The van der Waals surface area contributed by atoms with Gasteiger partial charge in [-0.05, 0) is 29.8 Å². The van der Waals surface area contributed by atoms with Gasteiger partial charge in [0.2, 0.25) is 11.3 Å². The number of pyridine rings is 1. The van der Waals surface area contributed by atoms with Crippen molar-refractivity contribution in [3.63, 3.8) is 0 Å². The zero-order chi connectivity index (χ0) is 17.8. The van der Waals surface area contributed by atoms with Crippen LogP contribution in [0.25, 0.3) is 10.9 Å². The van der Waals surface area contributed by atoms with Gasteiger partial charge in [-0.2, -0.15) is 0 Å². The third-order valence-corrected chi connectivity index (χ3v) is 4.20. The smallest absolute Gasteiger partial charge is 0.214 e. The van der Waals surface area contributed by atoms with Crippen LogP contribution in [0.2, 0.25) is 5.02 Å². The fourth-order valence-corrected chi connectivity index (χ4v) is 2.94. The number of halogens is 1. The lowest BCUT2D eigenvalue weighted by atomic mass is 10.1. The van der Waals surface area contributed by atoms with E-state index < -0.39 is 0 Å². The van der Waals surface area contributed by atoms with Crippen LogP contribution >= 0.6 is 11.6 Å². The van der Waals surface area contributed by atoms with E-state index in [9.17, 15) is 0 Å². The van der Waals surface area contributed by atoms with E-state index >= 15 is 0 Å². The summed E-state index contributed by atoms with van der Waals surface area (Å²) >= 11 is 6.06. The number of methoxy groups -OCH3 is 3. The van der Waals surface area contributed by atoms with Crippen molar-refractivity contribution in [1.29, 1.82) is 0 Å². The first-order valence-corrected chi connectivity index (χ1v) is 8.16. The van der Waals surface area contributed by atoms with Crippen LogP contribution in [0.4, 0.5) is 5.69 Å². The molecule has 1 heterocycles. The maximum Gasteiger partial charge on any atom is 0.214 e. The number of nitrogens with one attached hydrogen (secondary N) is 2. The summed E-state index contributed by atoms with van der Waals surface area (Å²) in [4.78, 5) is 3.20. The predicted octanol–water partition coefficient (Wildman–Crippen LogP) is 3.95. The van der Waals surface area contributed by atoms with E-state index in [1.165, 1.54) is 0 Å². The van der Waals surface area contributed by atoms with E-state index in [4.69, 9.17) is 25.8 Å². The van der Waals surface area contributed by atoms with E-state index in [1.807, 2.05) is 42.6 Å². The van der Waals surface area contributed by atoms with Gasteiger partial charge in [-0.15, -0.1) is 0 Å². The van der Waals surface area contributed by atoms with Crippen LogP contribution in [0.1, 0.15) is 5.56 Å². The van der Waals surface area contributed by atoms with Crippen molar-refractivity contribution in [3.8, 4) is 17.2 Å². The van der Waals surface area contributed by atoms with Crippen LogP contribution in [0.5, 0.6) is 17.2 Å². The Hall–Kier alpha value is -2.66. The summed E-state index contributed by atoms with van der Waals surface area (Å²) in [5.74, 6) is 1.86. The third-order valence-electron chi connectivity index (χ3n) is 3.97. The molecule has 5 nitrogen and oxygen atoms in total. The minimum atomic E-state index is 0.586. The summed E-state index contributed by atoms with van der Waals surface area (Å²) in [5.41, 5.74) is 3.01. The molecule has 0 unspecified atom stereocenters. The number of hydrogen-bond acceptors (Lipinski definition) is 4. The van der Waals surface area contributed by atoms with Crippen molar-refractivity contribution in [3.05, 3.63) is 53.2 Å². The maximum absolute atomic E-state index is 6.06. The molecule has 0 aliphatic rings. The van der Waals surface area contributed by atoms with Crippen LogP contribution in [-0.2, 0) is 6.54 Å². The molecule has 0 radical (unpaired) electrons. The topological polar surface area (TPSA) is 53.9 Å². The minimum Gasteiger partial charge on any atom is -0.493 e. The van der Waals surface area contributed by atoms with E-state index in [0.717, 1.165) is 22.2 Å². The zero-order valence-corrected chi connectivity index (χ0v) is 15.1. The number of fused-ring (bicyclic) bond motifs is 1. The van der Waals surface area contributed by atoms with Gasteiger partial charge in [0, 0.05) is 23.7 Å². The number of rotatable bonds is 6. The molecular formula is C19H20ClN2O3+. The van der Waals surface area contributed by atoms with E-state index in [-0.39, 0.29) is 0 Å². The molecule has 3 rings (SSSR count). The summed E-state index contributed by atoms with van der Waals surface area (Å²) in [5, 5.41) is 5.22. The molecule has 25 heavy (non-hydrogen) atoms. The van der Waals surface area contributed by atoms with Gasteiger partial charge in [0.05, 0.1) is 32.4 Å². The minimum absolute atomic E-state index is 0.586. The average molecular weight is 360 g/mol. The first-order chi connectivity index (χ1) is 12.2. The number of H-pyrrole nitrogens is 1. The normalized spacial score (nSPS) is 10.6. The standard InChI is InChI=1S/C19H19ClN2O3/c1-23-17-8-12(9-18(24-2)19(17)25-3)11-22-15-6-7-21-16-10-13(20)4-5-14(15)16/h4-10H,11H2,1-3H3,(H,21,22)/p+1. The summed E-state index contributed by atoms with van der Waals surface area (Å²) in [6.07, 6.45) is 1.89. The predicted molar refractivity (Wildman–Crippen MR) is 98.9 cm³/mol. The maximum atomic E-state index is 6.06. The highest BCUT2D eigenvalue weighted by Crippen LogP contribution is 2.38. The van der Waals surface area contributed by atoms with Crippen LogP contribution in [0.15, 0.2) is 42.6 Å². The Labute approximate surface area is 151 Å². The second-order valence-electron chi connectivity index (χ2n) is 5.47. The van der Waals surface area contributed by atoms with Gasteiger partial charge in [-0.1, -0.05) is 11.6 Å². The van der Waals surface area contributed by atoms with Gasteiger partial charge < -0.3 is 19.5 Å². The molecular weight excluding hydrogens is 340 g/mol. The first-order valence-electron chi connectivity index (χ1n) is 7.79. The van der Waals surface area contributed by atoms with E-state index in [0.29, 0.717) is 28.8 Å². The van der Waals surface area contributed by atoms with Crippen molar-refractivity contribution < 1.29 is 19.2 Å². The number of ether oxygens (including phenoxy) is 3. The Bertz CT molecular complexity index is 874. The highest BCUT2D eigenvalue weighted by Gasteiger charge is 2.13. The molecule has 0 fully saturated rings. The Morgan fingerprint density at radius 3 is 2.32 bits per heavy atom. The molecule has 0 aliphatic heterocycles. The molecule has 0 spiro atoms. The molecule has 1 aromatic heterocycles. The molecule has 0 saturated heterocycles. The molecule has 0 amide bonds. The Morgan fingerprint density at radius 2 is 1.68 bits per heavy atom. The molecule has 0 saturated carbocycles. The first kappa shape index (κ1) is 17.2. The van der Waals surface area contributed by atoms with Crippen molar-refractivity contribution in [2.45, 2.75) is 6.54 Å². The molecule has 0 aliphatic carbocycles. The number of aromatic amines is 1. The number of hydrogen-bond donors (Lipinski definition) is 1. The Morgan fingerprint density at radius 1 is 0.960 bits per heavy atom. The van der Waals surface area contributed by atoms with Crippen LogP contribution < -0.4 is 24.5 Å². The van der Waals surface area contributed by atoms with Gasteiger partial charge in [-0.25, -0.2) is 4.98 Å². The second kappa shape index (κ2) is 7.49. The van der Waals surface area contributed by atoms with Crippen molar-refractivity contribution >= 4 is 28.2 Å². The third kappa shape index (κ3) is 3.56. The quantitative estimate of drug-likeness (QED) is 0.724. The molecule has 6 heteroatoms. The largest absolute Gasteiger partial charge is 0.493 e. The Balaban J connectivity index is 1.89. The second-order valence-corrected chi connectivity index (χ2v) is 5.90. The molecule has 3 aromatic rings. The summed E-state index contributed by atoms with van der Waals surface area (Å²) in [7, 11) is 4.81. The number of aromatic nitrogens is 1. The van der Waals surface area contributed by atoms with Crippen LogP contribution in [0.3, 0.4) is 0 Å². The highest BCUT2D eigenvalue weighted by molar-refractivity contribution is 6.31. The lowest BCUT2D eigenvalue weighted by molar-refractivity contribution is -0.344. The Kier molecular flexibility index (Phi) is 5.14. The molecule has 130 valence electrons. The summed E-state index contributed by atoms with van der Waals surface area (Å²) < 4.78 is 16.2. The molecule has 0 bridgehead atoms. The zero-order valence-electron chi connectivity index (χ0n) is 14.4. The van der Waals surface area contributed by atoms with Crippen LogP contribution in [-0.4, -0.2) is 21.3 Å². The fraction of sp³-hybridized carbons (Fsp3) is 0.211. The lowest BCUT2D eigenvalue weighted by Gasteiger charge is -2.15. The number of anilines is 1. The molecule has 2 N–H and O–H groups in total. The van der Waals surface area contributed by atoms with Crippen molar-refractivity contribution in [2.24, 2.45) is 0 Å². The van der Waals surface area contributed by atoms with Gasteiger partial charge in [0.15, 0.2) is 17.7 Å². The lowest BCUT2D eigenvalue weighted by Crippen LogP contribution is -2.07. The molecule has 0 atom stereocenters. The van der Waals surface area contributed by atoms with Gasteiger partial charge >= 0.3 is 0 Å². The summed E-state index contributed by atoms with van der Waals surface area (Å²) in [6.45, 7) is 0.610. The fourth-order valence-electron chi connectivity index (χ4n) is 2.76. The van der Waals surface area contributed by atoms with Gasteiger partial charge in [0.1, 0.15) is 0 Å².